The fourth-order valence-electron chi connectivity index (χ4n) is 3.10. The summed E-state index contributed by atoms with van der Waals surface area (Å²) in [7, 11) is 0. The molecule has 1 heterocycles. The number of aliphatic hydroxyl groups excluding tert-OH is 1. The van der Waals surface area contributed by atoms with E-state index in [1.54, 1.807) is 0 Å². The molecule has 0 amide bonds. The van der Waals surface area contributed by atoms with Crippen molar-refractivity contribution < 1.29 is 9.84 Å². The van der Waals surface area contributed by atoms with Crippen LogP contribution in [-0.2, 0) is 19.8 Å². The molecule has 0 aliphatic heterocycles. The summed E-state index contributed by atoms with van der Waals surface area (Å²) >= 11 is 0. The molecule has 1 aromatic heterocycles. The highest BCUT2D eigenvalue weighted by Crippen LogP contribution is 2.36. The Hall–Kier alpha value is -2.26. The van der Waals surface area contributed by atoms with E-state index in [-0.39, 0.29) is 6.61 Å². The molecule has 4 rings (SSSR count). The average Bonchev–Trinajstić information content (AvgIpc) is 3.34. The summed E-state index contributed by atoms with van der Waals surface area (Å²) in [5, 5.41) is 10.8. The molecule has 2 aromatic carbocycles. The normalized spacial score (nSPS) is 14.3. The fraction of sp³-hybridized carbons (Fsp3) is 0.300. The molecule has 1 N–H and O–H groups in total. The van der Waals surface area contributed by atoms with Gasteiger partial charge in [-0.15, -0.1) is 0 Å². The standard InChI is InChI=1S/C20H21NO2/c22-13-18-11-17-7-4-8-19(20(17)21(18)12-15-9-10-15)23-14-16-5-2-1-3-6-16/h1-8,11,15,22H,9-10,12-14H2. The maximum Gasteiger partial charge on any atom is 0.144 e. The molecule has 0 spiro atoms. The molecular formula is C20H21NO2. The number of aromatic nitrogens is 1. The van der Waals surface area contributed by atoms with E-state index in [1.165, 1.54) is 12.8 Å². The number of hydrogen-bond donors (Lipinski definition) is 1. The van der Waals surface area contributed by atoms with Gasteiger partial charge in [0, 0.05) is 17.6 Å². The van der Waals surface area contributed by atoms with Gasteiger partial charge < -0.3 is 14.4 Å². The molecule has 3 aromatic rings. The molecule has 1 aliphatic carbocycles. The van der Waals surface area contributed by atoms with Gasteiger partial charge in [-0.1, -0.05) is 42.5 Å². The van der Waals surface area contributed by atoms with Gasteiger partial charge in [0.05, 0.1) is 12.1 Å². The van der Waals surface area contributed by atoms with Gasteiger partial charge in [0.15, 0.2) is 0 Å². The van der Waals surface area contributed by atoms with Crippen molar-refractivity contribution in [3.05, 3.63) is 65.9 Å². The molecule has 1 saturated carbocycles. The lowest BCUT2D eigenvalue weighted by molar-refractivity contribution is 0.270. The number of ether oxygens (including phenoxy) is 1. The van der Waals surface area contributed by atoms with E-state index in [1.807, 2.05) is 30.3 Å². The first-order valence-corrected chi connectivity index (χ1v) is 8.24. The van der Waals surface area contributed by atoms with Crippen molar-refractivity contribution in [2.24, 2.45) is 5.92 Å². The van der Waals surface area contributed by atoms with Crippen LogP contribution in [-0.4, -0.2) is 9.67 Å². The van der Waals surface area contributed by atoms with Crippen molar-refractivity contribution in [3.8, 4) is 5.75 Å². The Labute approximate surface area is 136 Å². The second kappa shape index (κ2) is 6.09. The molecular weight excluding hydrogens is 286 g/mol. The highest BCUT2D eigenvalue weighted by Gasteiger charge is 2.24. The van der Waals surface area contributed by atoms with Crippen LogP contribution < -0.4 is 4.74 Å². The predicted octanol–water partition coefficient (Wildman–Crippen LogP) is 4.12. The number of benzene rings is 2. The summed E-state index contributed by atoms with van der Waals surface area (Å²) in [4.78, 5) is 0. The van der Waals surface area contributed by atoms with Crippen LogP contribution in [0.4, 0.5) is 0 Å². The lowest BCUT2D eigenvalue weighted by Crippen LogP contribution is -2.06. The Balaban J connectivity index is 1.69. The second-order valence-corrected chi connectivity index (χ2v) is 6.32. The summed E-state index contributed by atoms with van der Waals surface area (Å²) in [6.45, 7) is 1.60. The van der Waals surface area contributed by atoms with Crippen LogP contribution in [0.5, 0.6) is 5.75 Å². The van der Waals surface area contributed by atoms with Crippen LogP contribution in [0.25, 0.3) is 10.9 Å². The Morgan fingerprint density at radius 1 is 1.04 bits per heavy atom. The van der Waals surface area contributed by atoms with Crippen molar-refractivity contribution in [2.75, 3.05) is 0 Å². The van der Waals surface area contributed by atoms with Crippen molar-refractivity contribution in [1.29, 1.82) is 0 Å². The lowest BCUT2D eigenvalue weighted by atomic mass is 10.2. The number of nitrogens with zero attached hydrogens (tertiary/aromatic N) is 1. The first-order valence-electron chi connectivity index (χ1n) is 8.24. The van der Waals surface area contributed by atoms with Crippen LogP contribution in [0.3, 0.4) is 0 Å². The van der Waals surface area contributed by atoms with Crippen LogP contribution in [0.15, 0.2) is 54.6 Å². The van der Waals surface area contributed by atoms with Gasteiger partial charge in [0.25, 0.3) is 0 Å². The van der Waals surface area contributed by atoms with E-state index in [2.05, 4.69) is 28.8 Å². The Kier molecular flexibility index (Phi) is 3.80. The summed E-state index contributed by atoms with van der Waals surface area (Å²) in [5.74, 6) is 1.64. The molecule has 3 nitrogen and oxygen atoms in total. The largest absolute Gasteiger partial charge is 0.487 e. The summed E-state index contributed by atoms with van der Waals surface area (Å²) in [6, 6.07) is 18.4. The molecule has 23 heavy (non-hydrogen) atoms. The van der Waals surface area contributed by atoms with Crippen LogP contribution in [0.1, 0.15) is 24.1 Å². The first-order chi connectivity index (χ1) is 11.3. The van der Waals surface area contributed by atoms with E-state index in [0.717, 1.165) is 40.4 Å². The van der Waals surface area contributed by atoms with Crippen LogP contribution >= 0.6 is 0 Å². The number of aliphatic hydroxyl groups is 1. The van der Waals surface area contributed by atoms with E-state index >= 15 is 0 Å². The maximum absolute atomic E-state index is 9.69. The highest BCUT2D eigenvalue weighted by atomic mass is 16.5. The van der Waals surface area contributed by atoms with Gasteiger partial charge in [-0.3, -0.25) is 0 Å². The van der Waals surface area contributed by atoms with Gasteiger partial charge >= 0.3 is 0 Å². The molecule has 1 aliphatic rings. The average molecular weight is 307 g/mol. The monoisotopic (exact) mass is 307 g/mol. The molecule has 118 valence electrons. The lowest BCUT2D eigenvalue weighted by Gasteiger charge is -2.13. The Morgan fingerprint density at radius 2 is 1.87 bits per heavy atom. The van der Waals surface area contributed by atoms with Crippen LogP contribution in [0.2, 0.25) is 0 Å². The number of hydrogen-bond acceptors (Lipinski definition) is 2. The summed E-state index contributed by atoms with van der Waals surface area (Å²) < 4.78 is 8.35. The van der Waals surface area contributed by atoms with Crippen LogP contribution in [0, 0.1) is 5.92 Å². The zero-order valence-electron chi connectivity index (χ0n) is 13.1. The minimum absolute atomic E-state index is 0.0690. The quantitative estimate of drug-likeness (QED) is 0.743. The fourth-order valence-corrected chi connectivity index (χ4v) is 3.10. The van der Waals surface area contributed by atoms with Gasteiger partial charge in [0.2, 0.25) is 0 Å². The molecule has 3 heteroatoms. The van der Waals surface area contributed by atoms with Crippen molar-refractivity contribution in [2.45, 2.75) is 32.6 Å². The zero-order chi connectivity index (χ0) is 15.6. The van der Waals surface area contributed by atoms with Gasteiger partial charge in [-0.25, -0.2) is 0 Å². The van der Waals surface area contributed by atoms with Crippen molar-refractivity contribution >= 4 is 10.9 Å². The van der Waals surface area contributed by atoms with Crippen molar-refractivity contribution in [3.63, 3.8) is 0 Å². The van der Waals surface area contributed by atoms with Crippen molar-refractivity contribution in [1.82, 2.24) is 4.57 Å². The SMILES string of the molecule is OCc1cc2cccc(OCc3ccccc3)c2n1CC1CC1. The van der Waals surface area contributed by atoms with Gasteiger partial charge in [-0.05, 0) is 36.5 Å². The van der Waals surface area contributed by atoms with Gasteiger partial charge in [-0.2, -0.15) is 0 Å². The summed E-state index contributed by atoms with van der Waals surface area (Å²) in [5.41, 5.74) is 3.24. The third kappa shape index (κ3) is 2.97. The van der Waals surface area contributed by atoms with Gasteiger partial charge in [0.1, 0.15) is 12.4 Å². The summed E-state index contributed by atoms with van der Waals surface area (Å²) in [6.07, 6.45) is 2.58. The molecule has 0 bridgehead atoms. The van der Waals surface area contributed by atoms with E-state index in [0.29, 0.717) is 6.61 Å². The van der Waals surface area contributed by atoms with E-state index < -0.39 is 0 Å². The molecule has 0 atom stereocenters. The highest BCUT2D eigenvalue weighted by molar-refractivity contribution is 5.87. The van der Waals surface area contributed by atoms with E-state index in [4.69, 9.17) is 4.74 Å². The molecule has 0 radical (unpaired) electrons. The minimum atomic E-state index is 0.0690. The molecule has 0 saturated heterocycles. The minimum Gasteiger partial charge on any atom is -0.487 e. The molecule has 1 fully saturated rings. The topological polar surface area (TPSA) is 34.4 Å². The second-order valence-electron chi connectivity index (χ2n) is 6.32. The maximum atomic E-state index is 9.69. The Morgan fingerprint density at radius 3 is 2.61 bits per heavy atom. The number of para-hydroxylation sites is 1. The zero-order valence-corrected chi connectivity index (χ0v) is 13.1. The first kappa shape index (κ1) is 14.3. The smallest absolute Gasteiger partial charge is 0.144 e. The number of fused-ring (bicyclic) bond motifs is 1. The predicted molar refractivity (Wildman–Crippen MR) is 91.4 cm³/mol. The third-order valence-electron chi connectivity index (χ3n) is 4.51. The molecule has 0 unspecified atom stereocenters. The third-order valence-corrected chi connectivity index (χ3v) is 4.51. The number of rotatable bonds is 6. The Bertz CT molecular complexity index is 803. The van der Waals surface area contributed by atoms with E-state index in [9.17, 15) is 5.11 Å².